The van der Waals surface area contributed by atoms with Crippen LogP contribution in [-0.2, 0) is 6.54 Å². The lowest BCUT2D eigenvalue weighted by Gasteiger charge is -2.07. The zero-order valence-electron chi connectivity index (χ0n) is 8.45. The third-order valence-electron chi connectivity index (χ3n) is 2.16. The third-order valence-corrected chi connectivity index (χ3v) is 2.79. The lowest BCUT2D eigenvalue weighted by Crippen LogP contribution is -2.00. The molecule has 1 aromatic heterocycles. The first-order valence-corrected chi connectivity index (χ1v) is 5.64. The number of benzene rings is 1. The predicted molar refractivity (Wildman–Crippen MR) is 65.7 cm³/mol. The Bertz CT molecular complexity index is 471. The van der Waals surface area contributed by atoms with Crippen LogP contribution in [0.25, 0.3) is 0 Å². The Morgan fingerprint density at radius 3 is 2.62 bits per heavy atom. The van der Waals surface area contributed by atoms with Crippen LogP contribution < -0.4 is 5.32 Å². The molecule has 1 aromatic carbocycles. The van der Waals surface area contributed by atoms with E-state index >= 15 is 0 Å². The summed E-state index contributed by atoms with van der Waals surface area (Å²) in [6, 6.07) is 10.2. The molecule has 0 aliphatic rings. The molecule has 1 heterocycles. The minimum atomic E-state index is -0.216. The van der Waals surface area contributed by atoms with Crippen molar-refractivity contribution in [3.63, 3.8) is 0 Å². The Morgan fingerprint density at radius 2 is 1.94 bits per heavy atom. The lowest BCUT2D eigenvalue weighted by molar-refractivity contribution is 0.627. The van der Waals surface area contributed by atoms with Gasteiger partial charge in [0.05, 0.1) is 5.69 Å². The molecule has 1 N–H and O–H groups in total. The smallest absolute Gasteiger partial charge is 0.129 e. The van der Waals surface area contributed by atoms with Gasteiger partial charge in [-0.05, 0) is 45.8 Å². The average molecular weight is 281 g/mol. The van der Waals surface area contributed by atoms with Gasteiger partial charge in [0.2, 0.25) is 0 Å². The van der Waals surface area contributed by atoms with Crippen molar-refractivity contribution in [1.82, 2.24) is 4.98 Å². The van der Waals surface area contributed by atoms with E-state index in [1.54, 1.807) is 18.3 Å². The van der Waals surface area contributed by atoms with Crippen molar-refractivity contribution >= 4 is 21.6 Å². The standard InChI is InChI=1S/C12H10BrFN2/c13-12-11(2-1-7-15-12)16-8-9-3-5-10(14)6-4-9/h1-7,16H,8H2. The summed E-state index contributed by atoms with van der Waals surface area (Å²) in [6.07, 6.45) is 1.72. The number of halogens is 2. The largest absolute Gasteiger partial charge is 0.379 e. The van der Waals surface area contributed by atoms with E-state index in [0.29, 0.717) is 6.54 Å². The minimum absolute atomic E-state index is 0.216. The first kappa shape index (κ1) is 11.1. The van der Waals surface area contributed by atoms with Crippen molar-refractivity contribution < 1.29 is 4.39 Å². The highest BCUT2D eigenvalue weighted by Crippen LogP contribution is 2.19. The van der Waals surface area contributed by atoms with Gasteiger partial charge in [0, 0.05) is 12.7 Å². The molecule has 2 aromatic rings. The molecule has 0 radical (unpaired) electrons. The molecule has 0 amide bonds. The van der Waals surface area contributed by atoms with Crippen LogP contribution in [0.2, 0.25) is 0 Å². The molecule has 0 aliphatic carbocycles. The van der Waals surface area contributed by atoms with Gasteiger partial charge in [-0.25, -0.2) is 9.37 Å². The Kier molecular flexibility index (Phi) is 3.51. The van der Waals surface area contributed by atoms with Crippen LogP contribution >= 0.6 is 15.9 Å². The fraction of sp³-hybridized carbons (Fsp3) is 0.0833. The van der Waals surface area contributed by atoms with Gasteiger partial charge in [-0.2, -0.15) is 0 Å². The van der Waals surface area contributed by atoms with Gasteiger partial charge in [-0.1, -0.05) is 12.1 Å². The van der Waals surface area contributed by atoms with Gasteiger partial charge < -0.3 is 5.32 Å². The molecule has 2 nitrogen and oxygen atoms in total. The maximum absolute atomic E-state index is 12.7. The predicted octanol–water partition coefficient (Wildman–Crippen LogP) is 3.60. The molecular formula is C12H10BrFN2. The number of hydrogen-bond donors (Lipinski definition) is 1. The second kappa shape index (κ2) is 5.07. The highest BCUT2D eigenvalue weighted by Gasteiger charge is 1.99. The first-order chi connectivity index (χ1) is 7.75. The van der Waals surface area contributed by atoms with Gasteiger partial charge in [0.1, 0.15) is 10.4 Å². The highest BCUT2D eigenvalue weighted by atomic mass is 79.9. The summed E-state index contributed by atoms with van der Waals surface area (Å²) in [7, 11) is 0. The third kappa shape index (κ3) is 2.79. The maximum atomic E-state index is 12.7. The number of anilines is 1. The summed E-state index contributed by atoms with van der Waals surface area (Å²) in [6.45, 7) is 0.643. The number of nitrogens with zero attached hydrogens (tertiary/aromatic N) is 1. The van der Waals surface area contributed by atoms with Crippen molar-refractivity contribution in [2.75, 3.05) is 5.32 Å². The van der Waals surface area contributed by atoms with Crippen LogP contribution in [0.4, 0.5) is 10.1 Å². The maximum Gasteiger partial charge on any atom is 0.129 e. The van der Waals surface area contributed by atoms with Crippen molar-refractivity contribution in [3.8, 4) is 0 Å². The number of pyridine rings is 1. The topological polar surface area (TPSA) is 24.9 Å². The molecule has 0 atom stereocenters. The molecule has 0 fully saturated rings. The van der Waals surface area contributed by atoms with Gasteiger partial charge in [-0.15, -0.1) is 0 Å². The Morgan fingerprint density at radius 1 is 1.19 bits per heavy atom. The van der Waals surface area contributed by atoms with Gasteiger partial charge in [0.15, 0.2) is 0 Å². The van der Waals surface area contributed by atoms with Crippen LogP contribution in [-0.4, -0.2) is 4.98 Å². The van der Waals surface area contributed by atoms with E-state index in [0.717, 1.165) is 15.9 Å². The van der Waals surface area contributed by atoms with E-state index in [1.807, 2.05) is 12.1 Å². The second-order valence-corrected chi connectivity index (χ2v) is 4.07. The fourth-order valence-corrected chi connectivity index (χ4v) is 1.71. The summed E-state index contributed by atoms with van der Waals surface area (Å²) in [5, 5.41) is 3.22. The van der Waals surface area contributed by atoms with Gasteiger partial charge >= 0.3 is 0 Å². The van der Waals surface area contributed by atoms with Crippen LogP contribution in [0.3, 0.4) is 0 Å². The quantitative estimate of drug-likeness (QED) is 0.869. The zero-order valence-corrected chi connectivity index (χ0v) is 10.0. The van der Waals surface area contributed by atoms with E-state index in [-0.39, 0.29) is 5.82 Å². The number of aromatic nitrogens is 1. The minimum Gasteiger partial charge on any atom is -0.379 e. The summed E-state index contributed by atoms with van der Waals surface area (Å²) in [5.41, 5.74) is 1.95. The van der Waals surface area contributed by atoms with Crippen LogP contribution in [0, 0.1) is 5.82 Å². The molecular weight excluding hydrogens is 271 g/mol. The zero-order chi connectivity index (χ0) is 11.4. The average Bonchev–Trinajstić information content (AvgIpc) is 2.30. The van der Waals surface area contributed by atoms with E-state index in [4.69, 9.17) is 0 Å². The second-order valence-electron chi connectivity index (χ2n) is 3.32. The number of rotatable bonds is 3. The molecule has 0 unspecified atom stereocenters. The number of hydrogen-bond acceptors (Lipinski definition) is 2. The monoisotopic (exact) mass is 280 g/mol. The summed E-state index contributed by atoms with van der Waals surface area (Å²) in [5.74, 6) is -0.216. The van der Waals surface area contributed by atoms with E-state index < -0.39 is 0 Å². The highest BCUT2D eigenvalue weighted by molar-refractivity contribution is 9.10. The molecule has 0 saturated heterocycles. The SMILES string of the molecule is Fc1ccc(CNc2cccnc2Br)cc1. The molecule has 0 saturated carbocycles. The van der Waals surface area contributed by atoms with Crippen molar-refractivity contribution in [1.29, 1.82) is 0 Å². The van der Waals surface area contributed by atoms with E-state index in [2.05, 4.69) is 26.2 Å². The fourth-order valence-electron chi connectivity index (χ4n) is 1.32. The normalized spacial score (nSPS) is 10.1. The summed E-state index contributed by atoms with van der Waals surface area (Å²) in [4.78, 5) is 4.10. The Hall–Kier alpha value is -1.42. The molecule has 2 rings (SSSR count). The van der Waals surface area contributed by atoms with Gasteiger partial charge in [0.25, 0.3) is 0 Å². The van der Waals surface area contributed by atoms with E-state index in [1.165, 1.54) is 12.1 Å². The van der Waals surface area contributed by atoms with Crippen molar-refractivity contribution in [3.05, 3.63) is 58.6 Å². The molecule has 0 aliphatic heterocycles. The molecule has 0 bridgehead atoms. The van der Waals surface area contributed by atoms with Crippen LogP contribution in [0.1, 0.15) is 5.56 Å². The molecule has 4 heteroatoms. The molecule has 82 valence electrons. The van der Waals surface area contributed by atoms with Crippen molar-refractivity contribution in [2.45, 2.75) is 6.54 Å². The Labute approximate surface area is 102 Å². The van der Waals surface area contributed by atoms with Gasteiger partial charge in [-0.3, -0.25) is 0 Å². The molecule has 0 spiro atoms. The number of nitrogens with one attached hydrogen (secondary N) is 1. The summed E-state index contributed by atoms with van der Waals surface area (Å²) < 4.78 is 13.5. The first-order valence-electron chi connectivity index (χ1n) is 4.84. The summed E-state index contributed by atoms with van der Waals surface area (Å²) >= 11 is 3.35. The van der Waals surface area contributed by atoms with Crippen LogP contribution in [0.5, 0.6) is 0 Å². The van der Waals surface area contributed by atoms with E-state index in [9.17, 15) is 4.39 Å². The lowest BCUT2D eigenvalue weighted by atomic mass is 10.2. The van der Waals surface area contributed by atoms with Crippen LogP contribution in [0.15, 0.2) is 47.2 Å². The Balaban J connectivity index is 2.02. The molecule has 16 heavy (non-hydrogen) atoms. The van der Waals surface area contributed by atoms with Crippen molar-refractivity contribution in [2.24, 2.45) is 0 Å².